The second-order valence-electron chi connectivity index (χ2n) is 5.61. The van der Waals surface area contributed by atoms with Crippen molar-refractivity contribution in [1.82, 2.24) is 10.0 Å². The second kappa shape index (κ2) is 8.10. The Bertz CT molecular complexity index is 664. The van der Waals surface area contributed by atoms with Gasteiger partial charge in [0.05, 0.1) is 4.90 Å². The quantitative estimate of drug-likeness (QED) is 0.828. The minimum atomic E-state index is -3.58. The molecule has 1 aliphatic rings. The number of amides is 1. The number of halogens is 1. The highest BCUT2D eigenvalue weighted by Gasteiger charge is 2.23. The van der Waals surface area contributed by atoms with E-state index in [1.807, 2.05) is 6.92 Å². The van der Waals surface area contributed by atoms with Gasteiger partial charge in [-0.05, 0) is 44.5 Å². The molecule has 23 heavy (non-hydrogen) atoms. The van der Waals surface area contributed by atoms with E-state index < -0.39 is 10.0 Å². The van der Waals surface area contributed by atoms with Crippen molar-refractivity contribution in [3.05, 3.63) is 23.8 Å². The van der Waals surface area contributed by atoms with E-state index in [-0.39, 0.29) is 29.3 Å². The van der Waals surface area contributed by atoms with Gasteiger partial charge in [-0.3, -0.25) is 4.79 Å². The van der Waals surface area contributed by atoms with Gasteiger partial charge in [-0.1, -0.05) is 6.07 Å². The number of hydrogen-bond acceptors (Lipinski definition) is 4. The summed E-state index contributed by atoms with van der Waals surface area (Å²) >= 11 is 0. The molecule has 8 heteroatoms. The van der Waals surface area contributed by atoms with Crippen molar-refractivity contribution in [2.24, 2.45) is 0 Å². The normalized spacial score (nSPS) is 15.5. The highest BCUT2D eigenvalue weighted by atomic mass is 35.5. The van der Waals surface area contributed by atoms with Crippen LogP contribution in [0.25, 0.3) is 0 Å². The molecule has 0 saturated heterocycles. The molecule has 130 valence electrons. The average molecular weight is 362 g/mol. The van der Waals surface area contributed by atoms with Gasteiger partial charge >= 0.3 is 0 Å². The number of carbonyl (C=O) groups is 1. The van der Waals surface area contributed by atoms with Crippen molar-refractivity contribution in [1.29, 1.82) is 0 Å². The number of sulfonamides is 1. The third-order valence-electron chi connectivity index (χ3n) is 3.94. The molecule has 1 unspecified atom stereocenters. The van der Waals surface area contributed by atoms with Gasteiger partial charge in [0, 0.05) is 31.7 Å². The van der Waals surface area contributed by atoms with E-state index in [9.17, 15) is 13.2 Å². The molecule has 0 fully saturated rings. The van der Waals surface area contributed by atoms with E-state index in [4.69, 9.17) is 0 Å². The molecule has 1 atom stereocenters. The van der Waals surface area contributed by atoms with Crippen LogP contribution in [0.4, 0.5) is 5.69 Å². The molecular weight excluding hydrogens is 338 g/mol. The summed E-state index contributed by atoms with van der Waals surface area (Å²) in [6.45, 7) is 4.35. The van der Waals surface area contributed by atoms with Crippen LogP contribution in [0.3, 0.4) is 0 Å². The van der Waals surface area contributed by atoms with Crippen molar-refractivity contribution < 1.29 is 13.2 Å². The smallest absolute Gasteiger partial charge is 0.240 e. The third-order valence-corrected chi connectivity index (χ3v) is 5.36. The molecule has 1 heterocycles. The molecule has 2 rings (SSSR count). The van der Waals surface area contributed by atoms with Gasteiger partial charge in [0.25, 0.3) is 0 Å². The van der Waals surface area contributed by atoms with Gasteiger partial charge in [-0.2, -0.15) is 0 Å². The zero-order valence-electron chi connectivity index (χ0n) is 13.6. The van der Waals surface area contributed by atoms with Crippen LogP contribution in [0.2, 0.25) is 0 Å². The lowest BCUT2D eigenvalue weighted by Gasteiger charge is -2.29. The molecule has 0 bridgehead atoms. The average Bonchev–Trinajstić information content (AvgIpc) is 2.51. The predicted molar refractivity (Wildman–Crippen MR) is 93.7 cm³/mol. The fourth-order valence-electron chi connectivity index (χ4n) is 2.47. The molecule has 0 spiro atoms. The summed E-state index contributed by atoms with van der Waals surface area (Å²) in [5.41, 5.74) is 1.73. The predicted octanol–water partition coefficient (Wildman–Crippen LogP) is 1.29. The molecule has 1 aromatic carbocycles. The number of aryl methyl sites for hydroxylation is 1. The van der Waals surface area contributed by atoms with Gasteiger partial charge in [-0.25, -0.2) is 13.1 Å². The van der Waals surface area contributed by atoms with Crippen molar-refractivity contribution in [2.75, 3.05) is 25.0 Å². The summed E-state index contributed by atoms with van der Waals surface area (Å²) in [4.78, 5) is 13.6. The van der Waals surface area contributed by atoms with Crippen molar-refractivity contribution >= 4 is 34.0 Å². The van der Waals surface area contributed by atoms with Crippen molar-refractivity contribution in [3.63, 3.8) is 0 Å². The summed E-state index contributed by atoms with van der Waals surface area (Å²) in [5, 5.41) is 2.98. The van der Waals surface area contributed by atoms with Crippen LogP contribution < -0.4 is 14.9 Å². The Hall–Kier alpha value is -1.15. The van der Waals surface area contributed by atoms with Gasteiger partial charge < -0.3 is 10.2 Å². The SMILES string of the molecule is CNC(C)CNS(=O)(=O)c1ccc2c(c1)N(C(C)=O)CCC2.Cl. The van der Waals surface area contributed by atoms with E-state index in [0.717, 1.165) is 18.4 Å². The molecule has 2 N–H and O–H groups in total. The van der Waals surface area contributed by atoms with E-state index in [2.05, 4.69) is 10.0 Å². The first-order valence-corrected chi connectivity index (χ1v) is 8.91. The summed E-state index contributed by atoms with van der Waals surface area (Å²) < 4.78 is 27.3. The Labute approximate surface area is 144 Å². The number of benzene rings is 1. The van der Waals surface area contributed by atoms with Crippen molar-refractivity contribution in [3.8, 4) is 0 Å². The van der Waals surface area contributed by atoms with Crippen molar-refractivity contribution in [2.45, 2.75) is 37.6 Å². The Morgan fingerprint density at radius 3 is 2.70 bits per heavy atom. The van der Waals surface area contributed by atoms with Crippen LogP contribution in [-0.2, 0) is 21.2 Å². The van der Waals surface area contributed by atoms with E-state index in [1.54, 1.807) is 30.1 Å². The van der Waals surface area contributed by atoms with Gasteiger partial charge in [0.15, 0.2) is 0 Å². The fraction of sp³-hybridized carbons (Fsp3) is 0.533. The standard InChI is InChI=1S/C15H23N3O3S.ClH/c1-11(16-3)10-17-22(20,21)14-7-6-13-5-4-8-18(12(2)19)15(13)9-14;/h6-7,9,11,16-17H,4-5,8,10H2,1-3H3;1H. The Morgan fingerprint density at radius 2 is 2.09 bits per heavy atom. The molecule has 1 aliphatic heterocycles. The first-order valence-electron chi connectivity index (χ1n) is 7.43. The topological polar surface area (TPSA) is 78.5 Å². The van der Waals surface area contributed by atoms with Gasteiger partial charge in [0.1, 0.15) is 0 Å². The molecule has 0 saturated carbocycles. The molecule has 6 nitrogen and oxygen atoms in total. The van der Waals surface area contributed by atoms with Gasteiger partial charge in [-0.15, -0.1) is 12.4 Å². The molecule has 0 aliphatic carbocycles. The zero-order valence-corrected chi connectivity index (χ0v) is 15.3. The molecule has 0 aromatic heterocycles. The van der Waals surface area contributed by atoms with Crippen LogP contribution >= 0.6 is 12.4 Å². The maximum atomic E-state index is 12.4. The van der Waals surface area contributed by atoms with E-state index in [0.29, 0.717) is 18.8 Å². The minimum absolute atomic E-state index is 0. The summed E-state index contributed by atoms with van der Waals surface area (Å²) in [5.74, 6) is -0.0627. The number of hydrogen-bond donors (Lipinski definition) is 2. The van der Waals surface area contributed by atoms with Crippen LogP contribution in [0, 0.1) is 0 Å². The second-order valence-corrected chi connectivity index (χ2v) is 7.37. The fourth-order valence-corrected chi connectivity index (χ4v) is 3.62. The lowest BCUT2D eigenvalue weighted by molar-refractivity contribution is -0.116. The van der Waals surface area contributed by atoms with E-state index >= 15 is 0 Å². The summed E-state index contributed by atoms with van der Waals surface area (Å²) in [7, 11) is -1.80. The minimum Gasteiger partial charge on any atom is -0.316 e. The van der Waals surface area contributed by atoms with Crippen LogP contribution in [0.15, 0.2) is 23.1 Å². The largest absolute Gasteiger partial charge is 0.316 e. The number of rotatable bonds is 5. The highest BCUT2D eigenvalue weighted by molar-refractivity contribution is 7.89. The lowest BCUT2D eigenvalue weighted by atomic mass is 10.0. The lowest BCUT2D eigenvalue weighted by Crippen LogP contribution is -2.37. The number of fused-ring (bicyclic) bond motifs is 1. The number of nitrogens with one attached hydrogen (secondary N) is 2. The Balaban J connectivity index is 0.00000264. The van der Waals surface area contributed by atoms with Gasteiger partial charge in [0.2, 0.25) is 15.9 Å². The van der Waals surface area contributed by atoms with E-state index in [1.165, 1.54) is 6.92 Å². The Morgan fingerprint density at radius 1 is 1.39 bits per heavy atom. The highest BCUT2D eigenvalue weighted by Crippen LogP contribution is 2.29. The maximum Gasteiger partial charge on any atom is 0.240 e. The number of anilines is 1. The van der Waals surface area contributed by atoms with Crippen LogP contribution in [0.1, 0.15) is 25.8 Å². The molecule has 0 radical (unpaired) electrons. The number of carbonyl (C=O) groups excluding carboxylic acids is 1. The first kappa shape index (κ1) is 19.9. The Kier molecular flexibility index (Phi) is 7.01. The number of nitrogens with zero attached hydrogens (tertiary/aromatic N) is 1. The third kappa shape index (κ3) is 4.67. The van der Waals surface area contributed by atoms with Crippen LogP contribution in [0.5, 0.6) is 0 Å². The molecular formula is C15H24ClN3O3S. The molecule has 1 amide bonds. The summed E-state index contributed by atoms with van der Waals surface area (Å²) in [6, 6.07) is 5.05. The monoisotopic (exact) mass is 361 g/mol. The zero-order chi connectivity index (χ0) is 16.3. The summed E-state index contributed by atoms with van der Waals surface area (Å²) in [6.07, 6.45) is 1.76. The first-order chi connectivity index (χ1) is 10.3. The maximum absolute atomic E-state index is 12.4. The molecule has 1 aromatic rings. The number of likely N-dealkylation sites (N-methyl/N-ethyl adjacent to an activating group) is 1. The van der Waals surface area contributed by atoms with Crippen LogP contribution in [-0.4, -0.2) is 40.5 Å².